The van der Waals surface area contributed by atoms with Gasteiger partial charge >= 0.3 is 0 Å². The standard InChI is InChI=1S/C13H14F2N4OS/c14-9-3-8(4-10(15)5-9)7-19-11(6-18-13(19)21)12(20)17-2-1-16/h3-6H,1-2,7,16H2,(H,17,20)(H,18,21). The molecule has 1 aromatic heterocycles. The van der Waals surface area contributed by atoms with Crippen molar-refractivity contribution in [1.29, 1.82) is 0 Å². The maximum Gasteiger partial charge on any atom is 0.269 e. The van der Waals surface area contributed by atoms with E-state index in [0.29, 0.717) is 18.7 Å². The largest absolute Gasteiger partial charge is 0.349 e. The molecule has 1 amide bonds. The zero-order valence-electron chi connectivity index (χ0n) is 11.0. The third-order valence-electron chi connectivity index (χ3n) is 2.76. The van der Waals surface area contributed by atoms with Crippen molar-refractivity contribution in [3.05, 3.63) is 47.3 Å². The molecule has 0 fully saturated rings. The van der Waals surface area contributed by atoms with Gasteiger partial charge in [-0.3, -0.25) is 4.79 Å². The van der Waals surface area contributed by atoms with Crippen LogP contribution in [-0.2, 0) is 6.54 Å². The van der Waals surface area contributed by atoms with Gasteiger partial charge in [0.2, 0.25) is 0 Å². The maximum absolute atomic E-state index is 13.2. The van der Waals surface area contributed by atoms with E-state index < -0.39 is 11.6 Å². The molecule has 1 heterocycles. The van der Waals surface area contributed by atoms with Crippen molar-refractivity contribution in [2.45, 2.75) is 11.7 Å². The molecule has 0 atom stereocenters. The van der Waals surface area contributed by atoms with Crippen LogP contribution >= 0.6 is 12.6 Å². The molecule has 8 heteroatoms. The fourth-order valence-corrected chi connectivity index (χ4v) is 2.10. The van der Waals surface area contributed by atoms with E-state index in [0.717, 1.165) is 6.07 Å². The molecule has 0 aliphatic carbocycles. The minimum absolute atomic E-state index is 0.0822. The summed E-state index contributed by atoms with van der Waals surface area (Å²) in [6.45, 7) is 0.710. The Bertz CT molecular complexity index is 639. The van der Waals surface area contributed by atoms with Gasteiger partial charge in [0.25, 0.3) is 5.91 Å². The summed E-state index contributed by atoms with van der Waals surface area (Å²) >= 11 is 4.15. The normalized spacial score (nSPS) is 10.7. The lowest BCUT2D eigenvalue weighted by molar-refractivity contribution is 0.0945. The number of imidazole rings is 1. The van der Waals surface area contributed by atoms with Crippen LogP contribution in [0.15, 0.2) is 29.6 Å². The Morgan fingerprint density at radius 2 is 2.00 bits per heavy atom. The number of nitrogens with one attached hydrogen (secondary N) is 1. The summed E-state index contributed by atoms with van der Waals surface area (Å²) in [6, 6.07) is 3.17. The van der Waals surface area contributed by atoms with Crippen molar-refractivity contribution in [3.63, 3.8) is 0 Å². The zero-order chi connectivity index (χ0) is 15.4. The van der Waals surface area contributed by atoms with Gasteiger partial charge < -0.3 is 15.6 Å². The molecule has 0 bridgehead atoms. The molecule has 3 N–H and O–H groups in total. The highest BCUT2D eigenvalue weighted by molar-refractivity contribution is 7.80. The summed E-state index contributed by atoms with van der Waals surface area (Å²) in [5.41, 5.74) is 5.94. The Labute approximate surface area is 125 Å². The first-order valence-corrected chi connectivity index (χ1v) is 6.63. The number of hydrogen-bond acceptors (Lipinski definition) is 4. The first-order chi connectivity index (χ1) is 10.0. The summed E-state index contributed by atoms with van der Waals surface area (Å²) in [7, 11) is 0. The van der Waals surface area contributed by atoms with Gasteiger partial charge in [0, 0.05) is 19.2 Å². The van der Waals surface area contributed by atoms with Crippen molar-refractivity contribution in [2.24, 2.45) is 5.73 Å². The molecule has 2 rings (SSSR count). The number of carbonyl (C=O) groups excluding carboxylic acids is 1. The van der Waals surface area contributed by atoms with Crippen LogP contribution in [0.25, 0.3) is 0 Å². The van der Waals surface area contributed by atoms with E-state index in [1.54, 1.807) is 0 Å². The molecule has 0 saturated heterocycles. The molecule has 112 valence electrons. The number of nitrogens with zero attached hydrogens (tertiary/aromatic N) is 2. The van der Waals surface area contributed by atoms with E-state index in [9.17, 15) is 13.6 Å². The molecule has 0 aliphatic rings. The molecule has 2 aromatic rings. The Morgan fingerprint density at radius 1 is 1.33 bits per heavy atom. The summed E-state index contributed by atoms with van der Waals surface area (Å²) < 4.78 is 27.9. The molecule has 21 heavy (non-hydrogen) atoms. The van der Waals surface area contributed by atoms with Crippen molar-refractivity contribution in [3.8, 4) is 0 Å². The van der Waals surface area contributed by atoms with Crippen LogP contribution in [0, 0.1) is 11.6 Å². The molecule has 0 spiro atoms. The van der Waals surface area contributed by atoms with Gasteiger partial charge in [-0.25, -0.2) is 13.8 Å². The average Bonchev–Trinajstić information content (AvgIpc) is 2.76. The highest BCUT2D eigenvalue weighted by atomic mass is 32.1. The van der Waals surface area contributed by atoms with Crippen LogP contribution in [0.3, 0.4) is 0 Å². The van der Waals surface area contributed by atoms with Crippen LogP contribution in [0.4, 0.5) is 8.78 Å². The molecule has 0 unspecified atom stereocenters. The number of benzene rings is 1. The van der Waals surface area contributed by atoms with Gasteiger partial charge in [0.15, 0.2) is 5.16 Å². The predicted octanol–water partition coefficient (Wildman–Crippen LogP) is 1.19. The number of rotatable bonds is 5. The lowest BCUT2D eigenvalue weighted by Gasteiger charge is -2.10. The Kier molecular flexibility index (Phi) is 4.92. The van der Waals surface area contributed by atoms with Gasteiger partial charge in [-0.05, 0) is 17.7 Å². The van der Waals surface area contributed by atoms with Crippen LogP contribution in [0.2, 0.25) is 0 Å². The highest BCUT2D eigenvalue weighted by Crippen LogP contribution is 2.15. The lowest BCUT2D eigenvalue weighted by atomic mass is 10.2. The molecule has 0 saturated carbocycles. The number of amides is 1. The number of halogens is 2. The van der Waals surface area contributed by atoms with Crippen molar-refractivity contribution in [2.75, 3.05) is 13.1 Å². The van der Waals surface area contributed by atoms with E-state index in [2.05, 4.69) is 22.9 Å². The second-order valence-electron chi connectivity index (χ2n) is 4.35. The second kappa shape index (κ2) is 6.68. The van der Waals surface area contributed by atoms with Crippen molar-refractivity contribution < 1.29 is 13.6 Å². The van der Waals surface area contributed by atoms with Gasteiger partial charge in [-0.1, -0.05) is 0 Å². The smallest absolute Gasteiger partial charge is 0.269 e. The van der Waals surface area contributed by atoms with Gasteiger partial charge in [0.1, 0.15) is 17.3 Å². The van der Waals surface area contributed by atoms with Crippen LogP contribution in [0.1, 0.15) is 16.1 Å². The maximum atomic E-state index is 13.2. The van der Waals surface area contributed by atoms with E-state index in [1.165, 1.54) is 22.9 Å². The lowest BCUT2D eigenvalue weighted by Crippen LogP contribution is -2.30. The summed E-state index contributed by atoms with van der Waals surface area (Å²) in [5, 5.41) is 2.88. The quantitative estimate of drug-likeness (QED) is 0.726. The van der Waals surface area contributed by atoms with Crippen LogP contribution in [-0.4, -0.2) is 28.5 Å². The van der Waals surface area contributed by atoms with Crippen molar-refractivity contribution >= 4 is 18.5 Å². The number of hydrogen-bond donors (Lipinski definition) is 3. The van der Waals surface area contributed by atoms with E-state index >= 15 is 0 Å². The van der Waals surface area contributed by atoms with Crippen molar-refractivity contribution in [1.82, 2.24) is 14.9 Å². The van der Waals surface area contributed by atoms with Crippen LogP contribution in [0.5, 0.6) is 0 Å². The molecular weight excluding hydrogens is 298 g/mol. The topological polar surface area (TPSA) is 72.9 Å². The Hall–Kier alpha value is -1.93. The predicted molar refractivity (Wildman–Crippen MR) is 76.3 cm³/mol. The average molecular weight is 312 g/mol. The summed E-state index contributed by atoms with van der Waals surface area (Å²) in [5.74, 6) is -1.73. The van der Waals surface area contributed by atoms with Gasteiger partial charge in [0.05, 0.1) is 12.7 Å². The molecule has 0 radical (unpaired) electrons. The monoisotopic (exact) mass is 312 g/mol. The SMILES string of the molecule is NCCNC(=O)c1cnc(S)n1Cc1cc(F)cc(F)c1. The second-order valence-corrected chi connectivity index (χ2v) is 4.75. The third kappa shape index (κ3) is 3.79. The molecular formula is C13H14F2N4OS. The van der Waals surface area contributed by atoms with Crippen LogP contribution < -0.4 is 11.1 Å². The fourth-order valence-electron chi connectivity index (χ4n) is 1.86. The van der Waals surface area contributed by atoms with Gasteiger partial charge in [-0.15, -0.1) is 12.6 Å². The Balaban J connectivity index is 2.27. The van der Waals surface area contributed by atoms with Gasteiger partial charge in [-0.2, -0.15) is 0 Å². The first-order valence-electron chi connectivity index (χ1n) is 6.19. The third-order valence-corrected chi connectivity index (χ3v) is 3.12. The molecule has 0 aliphatic heterocycles. The number of nitrogens with two attached hydrogens (primary N) is 1. The van der Waals surface area contributed by atoms with E-state index in [4.69, 9.17) is 5.73 Å². The number of carbonyl (C=O) groups is 1. The first kappa shape index (κ1) is 15.5. The zero-order valence-corrected chi connectivity index (χ0v) is 11.9. The molecule has 5 nitrogen and oxygen atoms in total. The fraction of sp³-hybridized carbons (Fsp3) is 0.231. The summed E-state index contributed by atoms with van der Waals surface area (Å²) in [4.78, 5) is 15.9. The van der Waals surface area contributed by atoms with E-state index in [-0.39, 0.29) is 23.3 Å². The highest BCUT2D eigenvalue weighted by Gasteiger charge is 2.15. The number of aromatic nitrogens is 2. The summed E-state index contributed by atoms with van der Waals surface area (Å²) in [6.07, 6.45) is 1.35. The van der Waals surface area contributed by atoms with E-state index in [1.807, 2.05) is 0 Å². The number of thiol groups is 1. The molecule has 1 aromatic carbocycles. The minimum Gasteiger partial charge on any atom is -0.349 e. The minimum atomic E-state index is -0.681. The Morgan fingerprint density at radius 3 is 2.62 bits per heavy atom.